The second-order valence-corrected chi connectivity index (χ2v) is 9.48. The van der Waals surface area contributed by atoms with Crippen molar-refractivity contribution in [3.05, 3.63) is 77.4 Å². The highest BCUT2D eigenvalue weighted by Gasteiger charge is 2.23. The van der Waals surface area contributed by atoms with Gasteiger partial charge in [-0.1, -0.05) is 30.3 Å². The Bertz CT molecular complexity index is 1270. The van der Waals surface area contributed by atoms with Gasteiger partial charge in [-0.2, -0.15) is 0 Å². The lowest BCUT2D eigenvalue weighted by atomic mass is 10.1. The van der Waals surface area contributed by atoms with Crippen molar-refractivity contribution in [2.24, 2.45) is 0 Å². The van der Waals surface area contributed by atoms with Crippen molar-refractivity contribution < 1.29 is 17.9 Å². The van der Waals surface area contributed by atoms with Crippen LogP contribution in [0.2, 0.25) is 0 Å². The zero-order valence-corrected chi connectivity index (χ0v) is 18.4. The molecule has 1 aliphatic carbocycles. The molecule has 2 N–H and O–H groups in total. The summed E-state index contributed by atoms with van der Waals surface area (Å²) in [7, 11) is -2.43. The first-order valence-electron chi connectivity index (χ1n) is 10.0. The van der Waals surface area contributed by atoms with E-state index >= 15 is 0 Å². The summed E-state index contributed by atoms with van der Waals surface area (Å²) in [6.07, 6.45) is 0.877. The lowest BCUT2D eigenvalue weighted by molar-refractivity contribution is 0.102. The van der Waals surface area contributed by atoms with Crippen LogP contribution in [-0.2, 0) is 16.4 Å². The molecule has 0 aliphatic heterocycles. The zero-order chi connectivity index (χ0) is 22.2. The fraction of sp³-hybridized carbons (Fsp3) is 0.208. The molecule has 0 saturated carbocycles. The zero-order valence-electron chi connectivity index (χ0n) is 17.6. The fourth-order valence-corrected chi connectivity index (χ4v) is 5.25. The minimum atomic E-state index is -3.83. The number of hydrogen-bond donors (Lipinski definition) is 2. The maximum atomic E-state index is 12.9. The summed E-state index contributed by atoms with van der Waals surface area (Å²) < 4.78 is 33.1. The van der Waals surface area contributed by atoms with Crippen molar-refractivity contribution in [1.29, 1.82) is 0 Å². The Morgan fingerprint density at radius 2 is 1.71 bits per heavy atom. The molecule has 0 bridgehead atoms. The van der Waals surface area contributed by atoms with E-state index in [9.17, 15) is 13.2 Å². The van der Waals surface area contributed by atoms with Gasteiger partial charge in [-0.05, 0) is 72.9 Å². The molecular weight excluding hydrogens is 412 g/mol. The Morgan fingerprint density at radius 1 is 0.968 bits per heavy atom. The third-order valence-corrected chi connectivity index (χ3v) is 6.84. The normalized spacial score (nSPS) is 12.4. The lowest BCUT2D eigenvalue weighted by Crippen LogP contribution is -2.30. The Labute approximate surface area is 182 Å². The first kappa shape index (κ1) is 21.1. The summed E-state index contributed by atoms with van der Waals surface area (Å²) >= 11 is 0. The third kappa shape index (κ3) is 4.19. The number of ether oxygens (including phenoxy) is 1. The summed E-state index contributed by atoms with van der Waals surface area (Å²) in [6, 6.07) is 18.1. The molecule has 1 aliphatic rings. The molecule has 160 valence electrons. The molecule has 0 fully saturated rings. The lowest BCUT2D eigenvalue weighted by Gasteiger charge is -2.14. The minimum absolute atomic E-state index is 0.0702. The predicted octanol–water partition coefficient (Wildman–Crippen LogP) is 4.21. The molecule has 7 heteroatoms. The molecule has 0 atom stereocenters. The van der Waals surface area contributed by atoms with Crippen LogP contribution >= 0.6 is 0 Å². The van der Waals surface area contributed by atoms with Crippen molar-refractivity contribution in [2.45, 2.75) is 31.2 Å². The van der Waals surface area contributed by atoms with Gasteiger partial charge in [-0.3, -0.25) is 4.79 Å². The van der Waals surface area contributed by atoms with Crippen LogP contribution in [-0.4, -0.2) is 27.5 Å². The van der Waals surface area contributed by atoms with Crippen LogP contribution in [0.5, 0.6) is 5.75 Å². The van der Waals surface area contributed by atoms with Crippen LogP contribution in [0.25, 0.3) is 11.1 Å². The number of amides is 1. The topological polar surface area (TPSA) is 84.5 Å². The number of rotatable bonds is 6. The first-order chi connectivity index (χ1) is 14.8. The Hall–Kier alpha value is -3.16. The molecule has 1 amide bonds. The van der Waals surface area contributed by atoms with Crippen LogP contribution in [0, 0.1) is 0 Å². The second kappa shape index (κ2) is 8.17. The predicted molar refractivity (Wildman–Crippen MR) is 121 cm³/mol. The molecule has 0 heterocycles. The quantitative estimate of drug-likeness (QED) is 0.474. The monoisotopic (exact) mass is 436 g/mol. The molecule has 31 heavy (non-hydrogen) atoms. The highest BCUT2D eigenvalue weighted by Crippen LogP contribution is 2.38. The van der Waals surface area contributed by atoms with Crippen LogP contribution < -0.4 is 14.8 Å². The van der Waals surface area contributed by atoms with Gasteiger partial charge in [0.1, 0.15) is 10.6 Å². The van der Waals surface area contributed by atoms with Gasteiger partial charge in [0.15, 0.2) is 0 Å². The van der Waals surface area contributed by atoms with E-state index in [1.807, 2.05) is 30.3 Å². The summed E-state index contributed by atoms with van der Waals surface area (Å²) in [6.45, 7) is 3.46. The number of fused-ring (bicyclic) bond motifs is 3. The largest absolute Gasteiger partial charge is 0.495 e. The van der Waals surface area contributed by atoms with E-state index in [4.69, 9.17) is 4.74 Å². The van der Waals surface area contributed by atoms with Gasteiger partial charge in [0.05, 0.1) is 7.11 Å². The highest BCUT2D eigenvalue weighted by atomic mass is 32.2. The molecule has 3 aromatic carbocycles. The fourth-order valence-electron chi connectivity index (χ4n) is 3.81. The second-order valence-electron chi connectivity index (χ2n) is 7.80. The van der Waals surface area contributed by atoms with Crippen LogP contribution in [0.1, 0.15) is 35.3 Å². The van der Waals surface area contributed by atoms with Crippen molar-refractivity contribution >= 4 is 21.6 Å². The summed E-state index contributed by atoms with van der Waals surface area (Å²) in [5.74, 6) is -0.214. The van der Waals surface area contributed by atoms with Crippen molar-refractivity contribution in [3.8, 4) is 16.9 Å². The van der Waals surface area contributed by atoms with E-state index in [-0.39, 0.29) is 22.3 Å². The van der Waals surface area contributed by atoms with Gasteiger partial charge in [0.2, 0.25) is 10.0 Å². The van der Waals surface area contributed by atoms with Crippen LogP contribution in [0.4, 0.5) is 5.69 Å². The van der Waals surface area contributed by atoms with Gasteiger partial charge in [-0.25, -0.2) is 13.1 Å². The SMILES string of the molecule is COc1ccc(C(=O)Nc2ccc3c(c2)-c2ccccc2C3)cc1S(=O)(=O)NC(C)C. The highest BCUT2D eigenvalue weighted by molar-refractivity contribution is 7.89. The van der Waals surface area contributed by atoms with E-state index in [0.29, 0.717) is 5.69 Å². The molecule has 3 aromatic rings. The average Bonchev–Trinajstić information content (AvgIpc) is 3.10. The van der Waals surface area contributed by atoms with Gasteiger partial charge >= 0.3 is 0 Å². The van der Waals surface area contributed by atoms with Gasteiger partial charge < -0.3 is 10.1 Å². The van der Waals surface area contributed by atoms with E-state index in [0.717, 1.165) is 12.0 Å². The maximum absolute atomic E-state index is 12.9. The van der Waals surface area contributed by atoms with E-state index in [1.165, 1.54) is 35.9 Å². The van der Waals surface area contributed by atoms with Crippen molar-refractivity contribution in [2.75, 3.05) is 12.4 Å². The van der Waals surface area contributed by atoms with Gasteiger partial charge in [-0.15, -0.1) is 0 Å². The summed E-state index contributed by atoms with van der Waals surface area (Å²) in [5.41, 5.74) is 5.64. The number of nitrogens with one attached hydrogen (secondary N) is 2. The third-order valence-electron chi connectivity index (χ3n) is 5.16. The number of hydrogen-bond acceptors (Lipinski definition) is 4. The first-order valence-corrected chi connectivity index (χ1v) is 11.5. The standard InChI is InChI=1S/C24H24N2O4S/c1-15(2)26-31(28,29)23-13-18(9-11-22(23)30-3)24(27)25-19-10-8-17-12-16-6-4-5-7-20(16)21(17)14-19/h4-11,13-15,26H,12H2,1-3H3,(H,25,27). The number of benzene rings is 3. The van der Waals surface area contributed by atoms with E-state index < -0.39 is 15.9 Å². The molecule has 0 spiro atoms. The van der Waals surface area contributed by atoms with Crippen molar-refractivity contribution in [1.82, 2.24) is 4.72 Å². The Balaban J connectivity index is 1.63. The Morgan fingerprint density at radius 3 is 2.45 bits per heavy atom. The molecule has 6 nitrogen and oxygen atoms in total. The van der Waals surface area contributed by atoms with E-state index in [2.05, 4.69) is 22.2 Å². The summed E-state index contributed by atoms with van der Waals surface area (Å²) in [5, 5.41) is 2.88. The van der Waals surface area contributed by atoms with Crippen LogP contribution in [0.15, 0.2) is 65.6 Å². The number of carbonyl (C=O) groups is 1. The summed E-state index contributed by atoms with van der Waals surface area (Å²) in [4.78, 5) is 12.8. The number of anilines is 1. The number of carbonyl (C=O) groups excluding carboxylic acids is 1. The smallest absolute Gasteiger partial charge is 0.255 e. The molecule has 0 radical (unpaired) electrons. The van der Waals surface area contributed by atoms with Crippen molar-refractivity contribution in [3.63, 3.8) is 0 Å². The number of sulfonamides is 1. The van der Waals surface area contributed by atoms with Gasteiger partial charge in [0.25, 0.3) is 5.91 Å². The molecule has 0 saturated heterocycles. The van der Waals surface area contributed by atoms with Gasteiger partial charge in [0, 0.05) is 17.3 Å². The molecule has 4 rings (SSSR count). The molecule has 0 unspecified atom stereocenters. The Kier molecular flexibility index (Phi) is 5.56. The molecule has 0 aromatic heterocycles. The van der Waals surface area contributed by atoms with E-state index in [1.54, 1.807) is 19.9 Å². The average molecular weight is 437 g/mol. The number of methoxy groups -OCH3 is 1. The maximum Gasteiger partial charge on any atom is 0.255 e. The molecular formula is C24H24N2O4S. The van der Waals surface area contributed by atoms with Crippen LogP contribution in [0.3, 0.4) is 0 Å². The minimum Gasteiger partial charge on any atom is -0.495 e.